The van der Waals surface area contributed by atoms with Gasteiger partial charge in [0.1, 0.15) is 4.60 Å². The number of hydrogen-bond donors (Lipinski definition) is 0. The van der Waals surface area contributed by atoms with Crippen molar-refractivity contribution >= 4 is 15.9 Å². The summed E-state index contributed by atoms with van der Waals surface area (Å²) < 4.78 is 6.62. The van der Waals surface area contributed by atoms with Gasteiger partial charge in [-0.2, -0.15) is 0 Å². The molecule has 4 heteroatoms. The minimum atomic E-state index is 0.328. The Labute approximate surface area is 105 Å². The number of hydrogen-bond acceptors (Lipinski definition) is 3. The molecule has 0 amide bonds. The fourth-order valence-electron chi connectivity index (χ4n) is 2.21. The number of nitrogens with zero attached hydrogens (tertiary/aromatic N) is 2. The van der Waals surface area contributed by atoms with Crippen molar-refractivity contribution in [3.63, 3.8) is 0 Å². The van der Waals surface area contributed by atoms with E-state index in [0.29, 0.717) is 12.2 Å². The predicted octanol–water partition coefficient (Wildman–Crippen LogP) is 2.45. The van der Waals surface area contributed by atoms with Gasteiger partial charge in [-0.3, -0.25) is 4.90 Å². The van der Waals surface area contributed by atoms with Gasteiger partial charge in [0.25, 0.3) is 0 Å². The first kappa shape index (κ1) is 12.0. The molecule has 1 unspecified atom stereocenters. The number of pyridine rings is 1. The van der Waals surface area contributed by atoms with Gasteiger partial charge in [0.2, 0.25) is 0 Å². The van der Waals surface area contributed by atoms with Crippen molar-refractivity contribution in [2.75, 3.05) is 13.1 Å². The van der Waals surface area contributed by atoms with Crippen molar-refractivity contribution in [1.82, 2.24) is 9.88 Å². The van der Waals surface area contributed by atoms with Crippen LogP contribution < -0.4 is 0 Å². The lowest BCUT2D eigenvalue weighted by Crippen LogP contribution is -2.44. The molecule has 2 rings (SSSR count). The summed E-state index contributed by atoms with van der Waals surface area (Å²) in [7, 11) is 0. The van der Waals surface area contributed by atoms with Gasteiger partial charge in [-0.05, 0) is 47.5 Å². The fourth-order valence-corrected chi connectivity index (χ4v) is 2.62. The Bertz CT molecular complexity index is 349. The molecule has 2 heterocycles. The van der Waals surface area contributed by atoms with E-state index in [1.54, 1.807) is 0 Å². The maximum Gasteiger partial charge on any atom is 0.106 e. The molecular formula is C12H17BrN2O. The van der Waals surface area contributed by atoms with Gasteiger partial charge < -0.3 is 4.74 Å². The molecule has 0 aliphatic carbocycles. The Morgan fingerprint density at radius 2 is 2.12 bits per heavy atom. The molecule has 1 saturated heterocycles. The van der Waals surface area contributed by atoms with Crippen LogP contribution in [0.15, 0.2) is 22.9 Å². The Balaban J connectivity index is 1.98. The van der Waals surface area contributed by atoms with Gasteiger partial charge in [-0.15, -0.1) is 0 Å². The van der Waals surface area contributed by atoms with E-state index in [0.717, 1.165) is 24.2 Å². The minimum absolute atomic E-state index is 0.328. The largest absolute Gasteiger partial charge is 0.373 e. The zero-order valence-electron chi connectivity index (χ0n) is 9.69. The van der Waals surface area contributed by atoms with Gasteiger partial charge >= 0.3 is 0 Å². The van der Waals surface area contributed by atoms with Gasteiger partial charge in [0.15, 0.2) is 0 Å². The first-order valence-electron chi connectivity index (χ1n) is 5.61. The smallest absolute Gasteiger partial charge is 0.106 e. The van der Waals surface area contributed by atoms with Gasteiger partial charge in [0.05, 0.1) is 12.2 Å². The highest BCUT2D eigenvalue weighted by molar-refractivity contribution is 9.10. The minimum Gasteiger partial charge on any atom is -0.373 e. The van der Waals surface area contributed by atoms with Crippen LogP contribution in [0.4, 0.5) is 0 Å². The second kappa shape index (κ2) is 5.25. The zero-order chi connectivity index (χ0) is 11.5. The number of morpholine rings is 1. The molecular weight excluding hydrogens is 268 g/mol. The molecule has 2 atom stereocenters. The molecule has 0 spiro atoms. The first-order valence-corrected chi connectivity index (χ1v) is 6.41. The van der Waals surface area contributed by atoms with E-state index in [9.17, 15) is 0 Å². The molecule has 1 aromatic heterocycles. The van der Waals surface area contributed by atoms with Crippen LogP contribution in [-0.2, 0) is 11.3 Å². The van der Waals surface area contributed by atoms with Crippen LogP contribution in [0.2, 0.25) is 0 Å². The lowest BCUT2D eigenvalue weighted by molar-refractivity contribution is -0.0704. The quantitative estimate of drug-likeness (QED) is 0.780. The molecule has 1 fully saturated rings. The lowest BCUT2D eigenvalue weighted by Gasteiger charge is -2.35. The molecule has 16 heavy (non-hydrogen) atoms. The summed E-state index contributed by atoms with van der Waals surface area (Å²) in [5.41, 5.74) is 1.29. The molecule has 1 aliphatic heterocycles. The Morgan fingerprint density at radius 1 is 1.44 bits per heavy atom. The normalized spacial score (nSPS) is 26.9. The summed E-state index contributed by atoms with van der Waals surface area (Å²) in [6.07, 6.45) is 2.50. The van der Waals surface area contributed by atoms with Gasteiger partial charge in [-0.25, -0.2) is 4.98 Å². The summed E-state index contributed by atoms with van der Waals surface area (Å²) in [5.74, 6) is 0. The summed E-state index contributed by atoms with van der Waals surface area (Å²) >= 11 is 3.40. The Kier molecular flexibility index (Phi) is 3.95. The van der Waals surface area contributed by atoms with Crippen molar-refractivity contribution in [1.29, 1.82) is 0 Å². The monoisotopic (exact) mass is 284 g/mol. The van der Waals surface area contributed by atoms with Gasteiger partial charge in [0, 0.05) is 25.8 Å². The fraction of sp³-hybridized carbons (Fsp3) is 0.583. The molecule has 3 nitrogen and oxygen atoms in total. The third kappa shape index (κ3) is 3.27. The number of halogens is 1. The summed E-state index contributed by atoms with van der Waals surface area (Å²) in [5, 5.41) is 0. The van der Waals surface area contributed by atoms with Crippen LogP contribution in [0, 0.1) is 0 Å². The van der Waals surface area contributed by atoms with Crippen LogP contribution in [0.1, 0.15) is 19.4 Å². The third-order valence-corrected chi connectivity index (χ3v) is 3.13. The van der Waals surface area contributed by atoms with E-state index in [2.05, 4.69) is 51.8 Å². The Morgan fingerprint density at radius 3 is 2.75 bits per heavy atom. The first-order chi connectivity index (χ1) is 7.63. The number of ether oxygens (including phenoxy) is 1. The highest BCUT2D eigenvalue weighted by atomic mass is 79.9. The maximum atomic E-state index is 5.71. The van der Waals surface area contributed by atoms with E-state index in [1.165, 1.54) is 5.56 Å². The second-order valence-corrected chi connectivity index (χ2v) is 5.25. The molecule has 88 valence electrons. The van der Waals surface area contributed by atoms with Crippen LogP contribution in [0.3, 0.4) is 0 Å². The number of aromatic nitrogens is 1. The molecule has 1 aromatic rings. The van der Waals surface area contributed by atoms with Crippen molar-refractivity contribution in [3.05, 3.63) is 28.5 Å². The average molecular weight is 285 g/mol. The van der Waals surface area contributed by atoms with Crippen LogP contribution in [-0.4, -0.2) is 35.2 Å². The second-order valence-electron chi connectivity index (χ2n) is 4.44. The van der Waals surface area contributed by atoms with Crippen molar-refractivity contribution in [2.45, 2.75) is 32.6 Å². The Hall–Kier alpha value is -0.450. The summed E-state index contributed by atoms with van der Waals surface area (Å²) in [6, 6.07) is 4.14. The van der Waals surface area contributed by atoms with Crippen molar-refractivity contribution in [3.8, 4) is 0 Å². The molecule has 0 N–H and O–H groups in total. The summed E-state index contributed by atoms with van der Waals surface area (Å²) in [4.78, 5) is 6.57. The summed E-state index contributed by atoms with van der Waals surface area (Å²) in [6.45, 7) is 7.24. The molecule has 1 aliphatic rings. The van der Waals surface area contributed by atoms with Crippen LogP contribution in [0.5, 0.6) is 0 Å². The van der Waals surface area contributed by atoms with E-state index in [4.69, 9.17) is 4.74 Å². The SMILES string of the molecule is CC1CN(Cc2ccnc(Br)c2)C[C@@H](C)O1. The van der Waals surface area contributed by atoms with E-state index in [-0.39, 0.29) is 0 Å². The molecule has 0 radical (unpaired) electrons. The van der Waals surface area contributed by atoms with E-state index < -0.39 is 0 Å². The third-order valence-electron chi connectivity index (χ3n) is 2.69. The van der Waals surface area contributed by atoms with E-state index in [1.807, 2.05) is 6.20 Å². The predicted molar refractivity (Wildman–Crippen MR) is 67.2 cm³/mol. The number of rotatable bonds is 2. The topological polar surface area (TPSA) is 25.4 Å². The standard InChI is InChI=1S/C12H17BrN2O/c1-9-6-15(7-10(2)16-9)8-11-3-4-14-12(13)5-11/h3-5,9-10H,6-8H2,1-2H3/t9-,10?/m1/s1. The van der Waals surface area contributed by atoms with Crippen molar-refractivity contribution in [2.24, 2.45) is 0 Å². The average Bonchev–Trinajstić information content (AvgIpc) is 2.15. The maximum absolute atomic E-state index is 5.71. The zero-order valence-corrected chi connectivity index (χ0v) is 11.3. The molecule has 0 aromatic carbocycles. The molecule has 0 saturated carbocycles. The molecule has 0 bridgehead atoms. The van der Waals surface area contributed by atoms with Crippen molar-refractivity contribution < 1.29 is 4.74 Å². The van der Waals surface area contributed by atoms with Crippen LogP contribution >= 0.6 is 15.9 Å². The van der Waals surface area contributed by atoms with Crippen LogP contribution in [0.25, 0.3) is 0 Å². The van der Waals surface area contributed by atoms with E-state index >= 15 is 0 Å². The lowest BCUT2D eigenvalue weighted by atomic mass is 10.2. The highest BCUT2D eigenvalue weighted by Crippen LogP contribution is 2.15. The highest BCUT2D eigenvalue weighted by Gasteiger charge is 2.21. The van der Waals surface area contributed by atoms with Gasteiger partial charge in [-0.1, -0.05) is 0 Å².